The van der Waals surface area contributed by atoms with Crippen molar-refractivity contribution in [2.45, 2.75) is 51.1 Å². The van der Waals surface area contributed by atoms with Crippen LogP contribution in [0.15, 0.2) is 18.2 Å². The van der Waals surface area contributed by atoms with E-state index in [2.05, 4.69) is 10.6 Å². The van der Waals surface area contributed by atoms with Gasteiger partial charge in [0.05, 0.1) is 6.04 Å². The highest BCUT2D eigenvalue weighted by molar-refractivity contribution is 5.74. The van der Waals surface area contributed by atoms with Crippen LogP contribution in [0.25, 0.3) is 0 Å². The van der Waals surface area contributed by atoms with Crippen molar-refractivity contribution >= 4 is 6.03 Å². The molecule has 4 aliphatic carbocycles. The molecular weight excluding hydrogens is 310 g/mol. The van der Waals surface area contributed by atoms with E-state index in [4.69, 9.17) is 0 Å². The molecule has 4 fully saturated rings. The van der Waals surface area contributed by atoms with Crippen LogP contribution in [-0.4, -0.2) is 12.1 Å². The Kier molecular flexibility index (Phi) is 3.97. The van der Waals surface area contributed by atoms with Crippen molar-refractivity contribution in [3.63, 3.8) is 0 Å². The third-order valence-electron chi connectivity index (χ3n) is 6.32. The van der Waals surface area contributed by atoms with Gasteiger partial charge in [-0.1, -0.05) is 6.07 Å². The molecule has 0 aromatic heterocycles. The summed E-state index contributed by atoms with van der Waals surface area (Å²) in [6.07, 6.45) is 6.37. The molecule has 0 radical (unpaired) electrons. The second-order valence-electron chi connectivity index (χ2n) is 7.97. The summed E-state index contributed by atoms with van der Waals surface area (Å²) in [7, 11) is 0. The van der Waals surface area contributed by atoms with Gasteiger partial charge in [-0.3, -0.25) is 0 Å². The quantitative estimate of drug-likeness (QED) is 0.856. The molecule has 5 rings (SSSR count). The van der Waals surface area contributed by atoms with Crippen molar-refractivity contribution < 1.29 is 13.6 Å². The van der Waals surface area contributed by atoms with Crippen LogP contribution in [-0.2, 0) is 0 Å². The predicted molar refractivity (Wildman–Crippen MR) is 87.3 cm³/mol. The molecule has 2 amide bonds. The van der Waals surface area contributed by atoms with Crippen molar-refractivity contribution in [2.75, 3.05) is 0 Å². The zero-order chi connectivity index (χ0) is 16.8. The van der Waals surface area contributed by atoms with Gasteiger partial charge in [-0.25, -0.2) is 13.6 Å². The summed E-state index contributed by atoms with van der Waals surface area (Å²) in [6.45, 7) is 1.78. The Bertz CT molecular complexity index is 620. The minimum absolute atomic E-state index is 0.204. The molecule has 1 aromatic carbocycles. The maximum absolute atomic E-state index is 13.3. The second kappa shape index (κ2) is 6.01. The van der Waals surface area contributed by atoms with E-state index >= 15 is 0 Å². The van der Waals surface area contributed by atoms with E-state index in [-0.39, 0.29) is 18.1 Å². The fourth-order valence-corrected chi connectivity index (χ4v) is 5.42. The highest BCUT2D eigenvalue weighted by atomic mass is 19.2. The van der Waals surface area contributed by atoms with Crippen LogP contribution < -0.4 is 10.6 Å². The Morgan fingerprint density at radius 3 is 2.25 bits per heavy atom. The van der Waals surface area contributed by atoms with E-state index in [9.17, 15) is 13.6 Å². The van der Waals surface area contributed by atoms with Crippen LogP contribution >= 0.6 is 0 Å². The summed E-state index contributed by atoms with van der Waals surface area (Å²) in [5.74, 6) is 1.21. The van der Waals surface area contributed by atoms with Gasteiger partial charge in [0.25, 0.3) is 0 Å². The van der Waals surface area contributed by atoms with Gasteiger partial charge in [-0.15, -0.1) is 0 Å². The molecule has 1 atom stereocenters. The summed E-state index contributed by atoms with van der Waals surface area (Å²) in [4.78, 5) is 12.4. The number of hydrogen-bond acceptors (Lipinski definition) is 1. The highest BCUT2D eigenvalue weighted by Crippen LogP contribution is 2.53. The molecule has 2 N–H and O–H groups in total. The Balaban J connectivity index is 1.37. The number of nitrogens with one attached hydrogen (secondary N) is 2. The van der Waals surface area contributed by atoms with Crippen molar-refractivity contribution in [3.05, 3.63) is 35.4 Å². The lowest BCUT2D eigenvalue weighted by atomic mass is 9.54. The monoisotopic (exact) mass is 334 g/mol. The van der Waals surface area contributed by atoms with Gasteiger partial charge < -0.3 is 10.6 Å². The smallest absolute Gasteiger partial charge is 0.315 e. The van der Waals surface area contributed by atoms with E-state index in [0.29, 0.717) is 17.4 Å². The van der Waals surface area contributed by atoms with Crippen LogP contribution in [0.4, 0.5) is 13.6 Å². The van der Waals surface area contributed by atoms with Gasteiger partial charge in [-0.2, -0.15) is 0 Å². The van der Waals surface area contributed by atoms with E-state index in [1.807, 2.05) is 0 Å². The lowest BCUT2D eigenvalue weighted by Gasteiger charge is -2.54. The summed E-state index contributed by atoms with van der Waals surface area (Å²) < 4.78 is 26.4. The number of carbonyl (C=O) groups is 1. The Hall–Kier alpha value is -1.65. The van der Waals surface area contributed by atoms with Crippen molar-refractivity contribution in [3.8, 4) is 0 Å². The van der Waals surface area contributed by atoms with Gasteiger partial charge in [0, 0.05) is 6.04 Å². The minimum atomic E-state index is -0.886. The summed E-state index contributed by atoms with van der Waals surface area (Å²) >= 11 is 0. The molecule has 4 aliphatic rings. The fraction of sp³-hybridized carbons (Fsp3) is 0.632. The first-order valence-corrected chi connectivity index (χ1v) is 9.01. The maximum Gasteiger partial charge on any atom is 0.315 e. The first kappa shape index (κ1) is 15.9. The summed E-state index contributed by atoms with van der Waals surface area (Å²) in [5.41, 5.74) is 0.564. The summed E-state index contributed by atoms with van der Waals surface area (Å²) in [5, 5.41) is 6.03. The molecular formula is C19H24F2N2O. The zero-order valence-corrected chi connectivity index (χ0v) is 13.9. The van der Waals surface area contributed by atoms with E-state index in [0.717, 1.165) is 24.0 Å². The van der Waals surface area contributed by atoms with Gasteiger partial charge in [0.1, 0.15) is 0 Å². The Morgan fingerprint density at radius 2 is 1.67 bits per heavy atom. The predicted octanol–water partition coefficient (Wildman–Crippen LogP) is 4.15. The SMILES string of the molecule is CC(NC(=O)NC1C2CC3CC(C2)CC1C3)c1ccc(F)c(F)c1. The number of hydrogen-bond donors (Lipinski definition) is 2. The molecule has 0 spiro atoms. The fourth-order valence-electron chi connectivity index (χ4n) is 5.42. The largest absolute Gasteiger partial charge is 0.335 e. The lowest BCUT2D eigenvalue weighted by molar-refractivity contribution is -0.00950. The molecule has 1 unspecified atom stereocenters. The molecule has 130 valence electrons. The first-order chi connectivity index (χ1) is 11.5. The molecule has 4 saturated carbocycles. The van der Waals surface area contributed by atoms with Crippen LogP contribution in [0, 0.1) is 35.3 Å². The zero-order valence-electron chi connectivity index (χ0n) is 13.9. The van der Waals surface area contributed by atoms with Gasteiger partial charge in [0.2, 0.25) is 0 Å². The van der Waals surface area contributed by atoms with Crippen molar-refractivity contribution in [1.29, 1.82) is 0 Å². The molecule has 1 aromatic rings. The van der Waals surface area contributed by atoms with Gasteiger partial charge >= 0.3 is 6.03 Å². The van der Waals surface area contributed by atoms with Crippen molar-refractivity contribution in [2.24, 2.45) is 23.7 Å². The van der Waals surface area contributed by atoms with Crippen LogP contribution in [0.1, 0.15) is 50.6 Å². The van der Waals surface area contributed by atoms with E-state index in [1.54, 1.807) is 6.92 Å². The number of benzene rings is 1. The average molecular weight is 334 g/mol. The first-order valence-electron chi connectivity index (χ1n) is 9.01. The number of carbonyl (C=O) groups excluding carboxylic acids is 1. The molecule has 4 bridgehead atoms. The standard InChI is InChI=1S/C19H24F2N2O/c1-10(13-2-3-16(20)17(21)9-13)22-19(24)23-18-14-5-11-4-12(7-14)8-15(18)6-11/h2-3,9-12,14-15,18H,4-8H2,1H3,(H2,22,23,24). The van der Waals surface area contributed by atoms with Gasteiger partial charge in [-0.05, 0) is 80.4 Å². The van der Waals surface area contributed by atoms with Crippen LogP contribution in [0.5, 0.6) is 0 Å². The van der Waals surface area contributed by atoms with E-state index in [1.165, 1.54) is 38.2 Å². The topological polar surface area (TPSA) is 41.1 Å². The van der Waals surface area contributed by atoms with E-state index < -0.39 is 11.6 Å². The van der Waals surface area contributed by atoms with Crippen molar-refractivity contribution in [1.82, 2.24) is 10.6 Å². The lowest BCUT2D eigenvalue weighted by Crippen LogP contribution is -2.57. The molecule has 0 aliphatic heterocycles. The molecule has 0 saturated heterocycles. The molecule has 0 heterocycles. The molecule has 3 nitrogen and oxygen atoms in total. The third-order valence-corrected chi connectivity index (χ3v) is 6.32. The van der Waals surface area contributed by atoms with Gasteiger partial charge in [0.15, 0.2) is 11.6 Å². The number of amides is 2. The normalized spacial score (nSPS) is 34.9. The second-order valence-corrected chi connectivity index (χ2v) is 7.97. The Morgan fingerprint density at radius 1 is 1.04 bits per heavy atom. The molecule has 24 heavy (non-hydrogen) atoms. The minimum Gasteiger partial charge on any atom is -0.335 e. The van der Waals surface area contributed by atoms with Crippen LogP contribution in [0.3, 0.4) is 0 Å². The molecule has 5 heteroatoms. The maximum atomic E-state index is 13.3. The third kappa shape index (κ3) is 2.89. The average Bonchev–Trinajstić information content (AvgIpc) is 2.52. The number of halogens is 2. The van der Waals surface area contributed by atoms with Crippen LogP contribution in [0.2, 0.25) is 0 Å². The number of urea groups is 1. The Labute approximate surface area is 141 Å². The highest BCUT2D eigenvalue weighted by Gasteiger charge is 2.48. The number of rotatable bonds is 3. The summed E-state index contributed by atoms with van der Waals surface area (Å²) in [6, 6.07) is 3.45.